The highest BCUT2D eigenvalue weighted by atomic mass is 19.1. The van der Waals surface area contributed by atoms with Crippen LogP contribution in [-0.4, -0.2) is 25.6 Å². The minimum absolute atomic E-state index is 0.0246. The fraction of sp³-hybridized carbons (Fsp3) is 0.158. The van der Waals surface area contributed by atoms with E-state index in [0.717, 1.165) is 5.39 Å². The number of hydrogen-bond acceptors (Lipinski definition) is 5. The first-order valence-corrected chi connectivity index (χ1v) is 7.80. The molecule has 3 rings (SSSR count). The summed E-state index contributed by atoms with van der Waals surface area (Å²) >= 11 is 0. The molecule has 0 atom stereocenters. The van der Waals surface area contributed by atoms with Crippen LogP contribution in [0.5, 0.6) is 5.75 Å². The number of hydrogen-bond donors (Lipinski definition) is 1. The molecule has 134 valence electrons. The molecule has 1 amide bonds. The predicted octanol–water partition coefficient (Wildman–Crippen LogP) is 3.30. The average Bonchev–Trinajstić information content (AvgIpc) is 3.04. The van der Waals surface area contributed by atoms with Crippen LogP contribution < -0.4 is 10.1 Å². The third kappa shape index (κ3) is 4.18. The van der Waals surface area contributed by atoms with E-state index in [1.165, 1.54) is 30.5 Å². The molecule has 2 aromatic carbocycles. The largest absolute Gasteiger partial charge is 0.497 e. The first kappa shape index (κ1) is 17.5. The van der Waals surface area contributed by atoms with Gasteiger partial charge in [0, 0.05) is 22.7 Å². The van der Waals surface area contributed by atoms with Gasteiger partial charge in [0.15, 0.2) is 6.61 Å². The fourth-order valence-electron chi connectivity index (χ4n) is 2.41. The van der Waals surface area contributed by atoms with Crippen molar-refractivity contribution in [2.45, 2.75) is 6.42 Å². The molecule has 0 radical (unpaired) electrons. The summed E-state index contributed by atoms with van der Waals surface area (Å²) < 4.78 is 28.3. The number of esters is 1. The zero-order valence-electron chi connectivity index (χ0n) is 14.0. The maximum atomic E-state index is 12.8. The van der Waals surface area contributed by atoms with Crippen molar-refractivity contribution < 1.29 is 27.9 Å². The molecule has 3 aromatic rings. The predicted molar refractivity (Wildman–Crippen MR) is 92.5 cm³/mol. The molecule has 0 saturated carbocycles. The molecule has 26 heavy (non-hydrogen) atoms. The smallest absolute Gasteiger partial charge is 0.310 e. The number of ether oxygens (including phenoxy) is 2. The maximum Gasteiger partial charge on any atom is 0.310 e. The number of methoxy groups -OCH3 is 1. The summed E-state index contributed by atoms with van der Waals surface area (Å²) in [4.78, 5) is 23.7. The van der Waals surface area contributed by atoms with Gasteiger partial charge in [0.1, 0.15) is 17.1 Å². The van der Waals surface area contributed by atoms with Gasteiger partial charge in [0.2, 0.25) is 0 Å². The van der Waals surface area contributed by atoms with E-state index in [0.29, 0.717) is 22.6 Å². The lowest BCUT2D eigenvalue weighted by Crippen LogP contribution is -2.21. The van der Waals surface area contributed by atoms with Crippen molar-refractivity contribution in [3.8, 4) is 5.75 Å². The Kier molecular flexibility index (Phi) is 5.17. The number of carbonyl (C=O) groups excluding carboxylic acids is 2. The van der Waals surface area contributed by atoms with Crippen molar-refractivity contribution in [1.82, 2.24) is 0 Å². The van der Waals surface area contributed by atoms with E-state index in [1.54, 1.807) is 25.3 Å². The molecule has 0 bridgehead atoms. The quantitative estimate of drug-likeness (QED) is 0.685. The van der Waals surface area contributed by atoms with Gasteiger partial charge >= 0.3 is 5.97 Å². The lowest BCUT2D eigenvalue weighted by molar-refractivity contribution is -0.146. The lowest BCUT2D eigenvalue weighted by Gasteiger charge is -2.06. The first-order chi connectivity index (χ1) is 12.5. The van der Waals surface area contributed by atoms with Gasteiger partial charge in [-0.05, 0) is 36.4 Å². The molecule has 7 heteroatoms. The number of rotatable bonds is 6. The Morgan fingerprint density at radius 3 is 2.65 bits per heavy atom. The highest BCUT2D eigenvalue weighted by Gasteiger charge is 2.13. The summed E-state index contributed by atoms with van der Waals surface area (Å²) in [6, 6.07) is 10.6. The van der Waals surface area contributed by atoms with Gasteiger partial charge in [-0.2, -0.15) is 0 Å². The number of fused-ring (bicyclic) bond motifs is 1. The number of carbonyl (C=O) groups is 2. The summed E-state index contributed by atoms with van der Waals surface area (Å²) in [5.74, 6) is -0.817. The number of halogens is 1. The Hall–Kier alpha value is -3.35. The van der Waals surface area contributed by atoms with Crippen LogP contribution in [0.3, 0.4) is 0 Å². The molecule has 0 saturated heterocycles. The van der Waals surface area contributed by atoms with Crippen molar-refractivity contribution in [3.63, 3.8) is 0 Å². The van der Waals surface area contributed by atoms with E-state index in [1.807, 2.05) is 0 Å². The van der Waals surface area contributed by atoms with Gasteiger partial charge in [-0.3, -0.25) is 9.59 Å². The molecule has 0 unspecified atom stereocenters. The topological polar surface area (TPSA) is 77.8 Å². The van der Waals surface area contributed by atoms with Crippen molar-refractivity contribution in [1.29, 1.82) is 0 Å². The summed E-state index contributed by atoms with van der Waals surface area (Å²) in [7, 11) is 1.55. The Bertz CT molecular complexity index is 933. The SMILES string of the molecule is COc1ccc2c(CC(=O)OCC(=O)Nc3ccc(F)cc3)coc2c1. The fourth-order valence-corrected chi connectivity index (χ4v) is 2.41. The third-order valence-electron chi connectivity index (χ3n) is 3.69. The lowest BCUT2D eigenvalue weighted by atomic mass is 10.1. The van der Waals surface area contributed by atoms with Crippen LogP contribution >= 0.6 is 0 Å². The Morgan fingerprint density at radius 1 is 1.15 bits per heavy atom. The zero-order valence-corrected chi connectivity index (χ0v) is 14.0. The van der Waals surface area contributed by atoms with E-state index in [4.69, 9.17) is 13.9 Å². The Balaban J connectivity index is 1.54. The van der Waals surface area contributed by atoms with Crippen LogP contribution in [0.4, 0.5) is 10.1 Å². The number of benzene rings is 2. The third-order valence-corrected chi connectivity index (χ3v) is 3.69. The second-order valence-electron chi connectivity index (χ2n) is 5.52. The summed E-state index contributed by atoms with van der Waals surface area (Å²) in [5, 5.41) is 3.29. The monoisotopic (exact) mass is 357 g/mol. The van der Waals surface area contributed by atoms with Gasteiger partial charge < -0.3 is 19.2 Å². The number of amides is 1. The van der Waals surface area contributed by atoms with Crippen LogP contribution in [0.25, 0.3) is 11.0 Å². The molecule has 1 N–H and O–H groups in total. The highest BCUT2D eigenvalue weighted by Crippen LogP contribution is 2.26. The van der Waals surface area contributed by atoms with Crippen LogP contribution in [-0.2, 0) is 20.7 Å². The first-order valence-electron chi connectivity index (χ1n) is 7.80. The summed E-state index contributed by atoms with van der Waals surface area (Å²) in [6.45, 7) is -0.431. The van der Waals surface area contributed by atoms with E-state index >= 15 is 0 Å². The summed E-state index contributed by atoms with van der Waals surface area (Å²) in [6.07, 6.45) is 1.45. The Morgan fingerprint density at radius 2 is 1.92 bits per heavy atom. The van der Waals surface area contributed by atoms with Crippen LogP contribution in [0.15, 0.2) is 53.1 Å². The van der Waals surface area contributed by atoms with Gasteiger partial charge in [-0.25, -0.2) is 4.39 Å². The molecule has 1 aromatic heterocycles. The van der Waals surface area contributed by atoms with E-state index in [2.05, 4.69) is 5.32 Å². The van der Waals surface area contributed by atoms with Crippen molar-refractivity contribution in [2.24, 2.45) is 0 Å². The number of nitrogens with one attached hydrogen (secondary N) is 1. The standard InChI is InChI=1S/C19H16FNO5/c1-24-15-6-7-16-12(10-25-17(16)9-15)8-19(23)26-11-18(22)21-14-4-2-13(20)3-5-14/h2-7,9-10H,8,11H2,1H3,(H,21,22). The molecule has 6 nitrogen and oxygen atoms in total. The normalized spacial score (nSPS) is 10.5. The second-order valence-corrected chi connectivity index (χ2v) is 5.52. The van der Waals surface area contributed by atoms with Crippen molar-refractivity contribution in [2.75, 3.05) is 19.0 Å². The van der Waals surface area contributed by atoms with Gasteiger partial charge in [0.25, 0.3) is 5.91 Å². The van der Waals surface area contributed by atoms with Crippen LogP contribution in [0, 0.1) is 5.82 Å². The molecule has 0 aliphatic rings. The summed E-state index contributed by atoms with van der Waals surface area (Å²) in [5.41, 5.74) is 1.68. The minimum Gasteiger partial charge on any atom is -0.497 e. The number of furan rings is 1. The van der Waals surface area contributed by atoms with Gasteiger partial charge in [-0.15, -0.1) is 0 Å². The van der Waals surface area contributed by atoms with E-state index in [-0.39, 0.29) is 6.42 Å². The van der Waals surface area contributed by atoms with Gasteiger partial charge in [-0.1, -0.05) is 0 Å². The molecule has 0 aliphatic carbocycles. The van der Waals surface area contributed by atoms with Crippen LogP contribution in [0.2, 0.25) is 0 Å². The van der Waals surface area contributed by atoms with Crippen molar-refractivity contribution in [3.05, 3.63) is 60.1 Å². The molecule has 0 aliphatic heterocycles. The molecular formula is C19H16FNO5. The molecular weight excluding hydrogens is 341 g/mol. The zero-order chi connectivity index (χ0) is 18.5. The average molecular weight is 357 g/mol. The highest BCUT2D eigenvalue weighted by molar-refractivity contribution is 5.93. The van der Waals surface area contributed by atoms with Crippen LogP contribution in [0.1, 0.15) is 5.56 Å². The molecule has 1 heterocycles. The minimum atomic E-state index is -0.558. The molecule has 0 spiro atoms. The van der Waals surface area contributed by atoms with Gasteiger partial charge in [0.05, 0.1) is 19.8 Å². The van der Waals surface area contributed by atoms with Crippen molar-refractivity contribution >= 4 is 28.5 Å². The maximum absolute atomic E-state index is 12.8. The van der Waals surface area contributed by atoms with E-state index < -0.39 is 24.3 Å². The molecule has 0 fully saturated rings. The van der Waals surface area contributed by atoms with E-state index in [9.17, 15) is 14.0 Å². The number of anilines is 1. The second kappa shape index (κ2) is 7.69. The Labute approximate surface area is 148 Å².